The Morgan fingerprint density at radius 1 is 1.18 bits per heavy atom. The van der Waals surface area contributed by atoms with Crippen LogP contribution >= 0.6 is 11.3 Å². The number of hydrogen-bond acceptors (Lipinski definition) is 6. The molecule has 1 aromatic carbocycles. The normalized spacial score (nSPS) is 11.6. The Morgan fingerprint density at radius 3 is 2.64 bits per heavy atom. The van der Waals surface area contributed by atoms with Crippen LogP contribution in [0, 0.1) is 0 Å². The van der Waals surface area contributed by atoms with Crippen LogP contribution in [0.25, 0.3) is 16.0 Å². The fourth-order valence-corrected chi connectivity index (χ4v) is 4.12. The van der Waals surface area contributed by atoms with Gasteiger partial charge in [0.25, 0.3) is 11.5 Å². The van der Waals surface area contributed by atoms with Crippen molar-refractivity contribution in [3.63, 3.8) is 0 Å². The molecule has 1 N–H and O–H groups in total. The van der Waals surface area contributed by atoms with Gasteiger partial charge in [0, 0.05) is 26.2 Å². The lowest BCUT2D eigenvalue weighted by molar-refractivity contribution is 0.0963. The lowest BCUT2D eigenvalue weighted by atomic mass is 10.1. The highest BCUT2D eigenvalue weighted by Gasteiger charge is 2.16. The highest BCUT2D eigenvalue weighted by molar-refractivity contribution is 7.17. The second-order valence-corrected chi connectivity index (χ2v) is 7.62. The molecule has 0 aliphatic carbocycles. The first kappa shape index (κ1) is 18.3. The Balaban J connectivity index is 1.60. The second kappa shape index (κ2) is 7.17. The molecule has 9 heteroatoms. The first-order valence-electron chi connectivity index (χ1n) is 8.79. The molecule has 3 heterocycles. The van der Waals surface area contributed by atoms with Gasteiger partial charge in [-0.25, -0.2) is 0 Å². The maximum absolute atomic E-state index is 12.4. The second-order valence-electron chi connectivity index (χ2n) is 6.70. The maximum atomic E-state index is 12.4. The molecule has 0 unspecified atom stereocenters. The summed E-state index contributed by atoms with van der Waals surface area (Å²) in [5, 5.41) is 13.1. The van der Waals surface area contributed by atoms with E-state index in [1.54, 1.807) is 14.1 Å². The fraction of sp³-hybridized carbons (Fsp3) is 0.263. The van der Waals surface area contributed by atoms with Crippen molar-refractivity contribution in [3.8, 4) is 0 Å². The monoisotopic (exact) mass is 396 g/mol. The van der Waals surface area contributed by atoms with E-state index in [1.807, 2.05) is 47.2 Å². The van der Waals surface area contributed by atoms with Crippen LogP contribution in [0.2, 0.25) is 0 Å². The molecule has 0 spiro atoms. The van der Waals surface area contributed by atoms with E-state index in [0.29, 0.717) is 29.1 Å². The van der Waals surface area contributed by atoms with Gasteiger partial charge in [0.15, 0.2) is 5.82 Å². The summed E-state index contributed by atoms with van der Waals surface area (Å²) in [4.78, 5) is 26.2. The average Bonchev–Trinajstić information content (AvgIpc) is 3.33. The molecular weight excluding hydrogens is 376 g/mol. The Morgan fingerprint density at radius 2 is 1.93 bits per heavy atom. The van der Waals surface area contributed by atoms with Gasteiger partial charge in [0.05, 0.1) is 12.1 Å². The topological polar surface area (TPSA) is 84.5 Å². The third-order valence-corrected chi connectivity index (χ3v) is 5.60. The quantitative estimate of drug-likeness (QED) is 0.554. The van der Waals surface area contributed by atoms with Crippen LogP contribution in [0.4, 0.5) is 0 Å². The molecule has 8 nitrogen and oxygen atoms in total. The SMILES string of the molecule is CNC(=O)c1ccc(CN(C)Cc2nnc3n(C)c(=O)c4sccc4n23)cc1. The highest BCUT2D eigenvalue weighted by atomic mass is 32.1. The van der Waals surface area contributed by atoms with E-state index < -0.39 is 0 Å². The number of benzene rings is 1. The zero-order valence-corrected chi connectivity index (χ0v) is 16.7. The summed E-state index contributed by atoms with van der Waals surface area (Å²) >= 11 is 1.43. The van der Waals surface area contributed by atoms with E-state index in [2.05, 4.69) is 20.4 Å². The van der Waals surface area contributed by atoms with Gasteiger partial charge in [-0.15, -0.1) is 21.5 Å². The summed E-state index contributed by atoms with van der Waals surface area (Å²) in [6.45, 7) is 1.27. The number of rotatable bonds is 5. The zero-order valence-electron chi connectivity index (χ0n) is 15.8. The first-order valence-corrected chi connectivity index (χ1v) is 9.67. The van der Waals surface area contributed by atoms with Crippen molar-refractivity contribution in [2.75, 3.05) is 14.1 Å². The lowest BCUT2D eigenvalue weighted by Gasteiger charge is -2.16. The Kier molecular flexibility index (Phi) is 4.70. The number of thiophene rings is 1. The molecule has 1 amide bonds. The minimum Gasteiger partial charge on any atom is -0.355 e. The fourth-order valence-electron chi connectivity index (χ4n) is 3.27. The van der Waals surface area contributed by atoms with Crippen LogP contribution < -0.4 is 10.9 Å². The molecule has 0 aliphatic rings. The van der Waals surface area contributed by atoms with Gasteiger partial charge < -0.3 is 5.32 Å². The molecule has 0 radical (unpaired) electrons. The third-order valence-electron chi connectivity index (χ3n) is 4.70. The molecule has 144 valence electrons. The van der Waals surface area contributed by atoms with Crippen molar-refractivity contribution in [1.82, 2.24) is 29.4 Å². The van der Waals surface area contributed by atoms with Crippen LogP contribution in [0.1, 0.15) is 21.7 Å². The minimum absolute atomic E-state index is 0.0546. The van der Waals surface area contributed by atoms with Crippen molar-refractivity contribution in [3.05, 3.63) is 63.0 Å². The summed E-state index contributed by atoms with van der Waals surface area (Å²) in [7, 11) is 5.33. The summed E-state index contributed by atoms with van der Waals surface area (Å²) in [5.74, 6) is 1.22. The number of carbonyl (C=O) groups excluding carboxylic acids is 1. The lowest BCUT2D eigenvalue weighted by Crippen LogP contribution is -2.22. The summed E-state index contributed by atoms with van der Waals surface area (Å²) in [5.41, 5.74) is 2.52. The molecular formula is C19H20N6O2S. The van der Waals surface area contributed by atoms with Gasteiger partial charge in [-0.3, -0.25) is 23.5 Å². The predicted molar refractivity (Wildman–Crippen MR) is 109 cm³/mol. The Bertz CT molecular complexity index is 1220. The van der Waals surface area contributed by atoms with Gasteiger partial charge >= 0.3 is 0 Å². The van der Waals surface area contributed by atoms with E-state index in [-0.39, 0.29) is 11.5 Å². The largest absolute Gasteiger partial charge is 0.355 e. The van der Waals surface area contributed by atoms with Gasteiger partial charge in [-0.1, -0.05) is 12.1 Å². The van der Waals surface area contributed by atoms with Crippen LogP contribution in [-0.2, 0) is 20.1 Å². The van der Waals surface area contributed by atoms with Crippen molar-refractivity contribution in [2.24, 2.45) is 7.05 Å². The molecule has 4 aromatic rings. The van der Waals surface area contributed by atoms with Crippen molar-refractivity contribution in [2.45, 2.75) is 13.1 Å². The van der Waals surface area contributed by atoms with Crippen LogP contribution in [0.15, 0.2) is 40.5 Å². The van der Waals surface area contributed by atoms with Crippen LogP contribution in [0.5, 0.6) is 0 Å². The standard InChI is InChI=1S/C19H20N6O2S/c1-20-17(26)13-6-4-12(5-7-13)10-23(2)11-15-21-22-19-24(3)18(27)16-14(25(15)19)8-9-28-16/h4-9H,10-11H2,1-3H3,(H,20,26). The summed E-state index contributed by atoms with van der Waals surface area (Å²) in [6.07, 6.45) is 0. The first-order chi connectivity index (χ1) is 13.5. The number of carbonyl (C=O) groups is 1. The van der Waals surface area contributed by atoms with E-state index >= 15 is 0 Å². The molecule has 0 atom stereocenters. The number of amides is 1. The number of aromatic nitrogens is 4. The molecule has 0 aliphatic heterocycles. The zero-order chi connectivity index (χ0) is 19.8. The van der Waals surface area contributed by atoms with Gasteiger partial charge in [-0.2, -0.15) is 0 Å². The number of nitrogens with one attached hydrogen (secondary N) is 1. The number of nitrogens with zero attached hydrogens (tertiary/aromatic N) is 5. The highest BCUT2D eigenvalue weighted by Crippen LogP contribution is 2.20. The van der Waals surface area contributed by atoms with Crippen molar-refractivity contribution >= 4 is 33.2 Å². The molecule has 28 heavy (non-hydrogen) atoms. The number of fused-ring (bicyclic) bond motifs is 3. The molecule has 0 fully saturated rings. The van der Waals surface area contributed by atoms with E-state index in [9.17, 15) is 9.59 Å². The maximum Gasteiger partial charge on any atom is 0.272 e. The van der Waals surface area contributed by atoms with Crippen LogP contribution in [0.3, 0.4) is 0 Å². The van der Waals surface area contributed by atoms with E-state index in [1.165, 1.54) is 15.9 Å². The molecule has 4 rings (SSSR count). The number of aryl methyl sites for hydroxylation is 1. The average molecular weight is 396 g/mol. The Hall–Kier alpha value is -3.04. The molecule has 0 saturated carbocycles. The van der Waals surface area contributed by atoms with Crippen LogP contribution in [-0.4, -0.2) is 44.1 Å². The smallest absolute Gasteiger partial charge is 0.272 e. The summed E-state index contributed by atoms with van der Waals surface area (Å²) in [6, 6.07) is 9.46. The molecule has 3 aromatic heterocycles. The van der Waals surface area contributed by atoms with Gasteiger partial charge in [-0.05, 0) is 36.2 Å². The van der Waals surface area contributed by atoms with E-state index in [4.69, 9.17) is 0 Å². The van der Waals surface area contributed by atoms with Gasteiger partial charge in [0.2, 0.25) is 5.78 Å². The van der Waals surface area contributed by atoms with E-state index in [0.717, 1.165) is 16.9 Å². The summed E-state index contributed by atoms with van der Waals surface area (Å²) < 4.78 is 4.18. The van der Waals surface area contributed by atoms with Gasteiger partial charge in [0.1, 0.15) is 4.70 Å². The minimum atomic E-state index is -0.0970. The number of hydrogen-bond donors (Lipinski definition) is 1. The predicted octanol–water partition coefficient (Wildman–Crippen LogP) is 1.63. The molecule has 0 bridgehead atoms. The molecule has 0 saturated heterocycles. The Labute approximate surface area is 165 Å². The van der Waals surface area contributed by atoms with Crippen molar-refractivity contribution in [1.29, 1.82) is 0 Å². The van der Waals surface area contributed by atoms with Crippen molar-refractivity contribution < 1.29 is 4.79 Å². The third kappa shape index (κ3) is 3.08.